The third-order valence-corrected chi connectivity index (χ3v) is 13.1. The van der Waals surface area contributed by atoms with E-state index in [0.29, 0.717) is 12.8 Å². The highest BCUT2D eigenvalue weighted by Gasteiger charge is 2.19. The van der Waals surface area contributed by atoms with Gasteiger partial charge in [0.1, 0.15) is 13.2 Å². The minimum atomic E-state index is -0.809. The molecule has 77 heavy (non-hydrogen) atoms. The maximum Gasteiger partial charge on any atom is 0.306 e. The molecule has 0 fully saturated rings. The average molecular weight is 1070 g/mol. The number of hydrogen-bond acceptors (Lipinski definition) is 6. The maximum atomic E-state index is 12.9. The Morgan fingerprint density at radius 2 is 0.506 bits per heavy atom. The number of esters is 3. The van der Waals surface area contributed by atoms with Crippen LogP contribution < -0.4 is 0 Å². The number of carbonyl (C=O) groups is 3. The van der Waals surface area contributed by atoms with Crippen molar-refractivity contribution in [1.82, 2.24) is 0 Å². The molecule has 0 N–H and O–H groups in total. The molecule has 0 saturated heterocycles. The van der Waals surface area contributed by atoms with E-state index in [1.807, 2.05) is 0 Å². The van der Waals surface area contributed by atoms with E-state index in [4.69, 9.17) is 14.2 Å². The fraction of sp³-hybridized carbons (Fsp3) is 0.648. The van der Waals surface area contributed by atoms with Gasteiger partial charge in [0.05, 0.1) is 0 Å². The van der Waals surface area contributed by atoms with Gasteiger partial charge in [0.2, 0.25) is 0 Å². The number of hydrogen-bond donors (Lipinski definition) is 0. The monoisotopic (exact) mass is 1060 g/mol. The molecule has 0 aromatic rings. The summed E-state index contributed by atoms with van der Waals surface area (Å²) in [5.41, 5.74) is 0. The molecule has 6 heteroatoms. The SMILES string of the molecule is CC/C=C\C/C=C\C/C=C\C/C=C\C/C=C\CCCCCCCCCC(=O)OCC(COC(=O)CCCCCCCCC/C=C\CCCCCCCC)OC(=O)CCCCC/C=C\C/C=C\C/C=C\C/C=C\C/C=C\CC. The van der Waals surface area contributed by atoms with Crippen molar-refractivity contribution in [2.24, 2.45) is 0 Å². The summed E-state index contributed by atoms with van der Waals surface area (Å²) in [5.74, 6) is -0.946. The van der Waals surface area contributed by atoms with E-state index in [2.05, 4.69) is 154 Å². The van der Waals surface area contributed by atoms with Crippen molar-refractivity contribution >= 4 is 17.9 Å². The van der Waals surface area contributed by atoms with Crippen molar-refractivity contribution in [3.05, 3.63) is 134 Å². The van der Waals surface area contributed by atoms with Crippen molar-refractivity contribution < 1.29 is 28.6 Å². The van der Waals surface area contributed by atoms with Crippen molar-refractivity contribution in [1.29, 1.82) is 0 Å². The summed E-state index contributed by atoms with van der Waals surface area (Å²) in [4.78, 5) is 38.3. The van der Waals surface area contributed by atoms with E-state index in [9.17, 15) is 14.4 Å². The smallest absolute Gasteiger partial charge is 0.306 e. The standard InChI is InChI=1S/C71H116O6/c1-4-7-10-13-16-19-22-25-28-31-33-34-35-36-38-40-43-46-49-52-55-58-61-64-70(73)76-67-68(66-75-69(72)63-60-57-54-51-48-45-42-39-30-27-24-21-18-15-12-9-6-3)77-71(74)65-62-59-56-53-50-47-44-41-37-32-29-26-23-20-17-14-11-8-5-2/h7-8,10-11,16-17,19-20,25-30,33-34,36-38,41,47,50,68H,4-6,9,12-15,18,21-24,31-32,35,39-40,42-46,48-49,51-67H2,1-3H3/b10-7-,11-8-,19-16-,20-17-,28-25-,29-26-,30-27-,34-33-,38-36-,41-37-,50-47-. The van der Waals surface area contributed by atoms with Crippen LogP contribution in [0.2, 0.25) is 0 Å². The normalized spacial score (nSPS) is 13.0. The molecule has 0 rings (SSSR count). The first-order chi connectivity index (χ1) is 38.0. The van der Waals surface area contributed by atoms with E-state index >= 15 is 0 Å². The number of unbranched alkanes of at least 4 members (excludes halogenated alkanes) is 23. The van der Waals surface area contributed by atoms with Gasteiger partial charge in [-0.3, -0.25) is 14.4 Å². The minimum absolute atomic E-state index is 0.101. The third-order valence-electron chi connectivity index (χ3n) is 13.1. The maximum absolute atomic E-state index is 12.9. The lowest BCUT2D eigenvalue weighted by Gasteiger charge is -2.18. The molecule has 0 aromatic heterocycles. The minimum Gasteiger partial charge on any atom is -0.462 e. The van der Waals surface area contributed by atoms with Crippen LogP contribution in [0.25, 0.3) is 0 Å². The molecule has 0 amide bonds. The first-order valence-corrected chi connectivity index (χ1v) is 31.7. The summed E-state index contributed by atoms with van der Waals surface area (Å²) in [6.07, 6.45) is 90.2. The molecule has 0 aliphatic carbocycles. The van der Waals surface area contributed by atoms with Crippen LogP contribution in [0.5, 0.6) is 0 Å². The molecule has 1 unspecified atom stereocenters. The van der Waals surface area contributed by atoms with Crippen LogP contribution in [-0.4, -0.2) is 37.2 Å². The van der Waals surface area contributed by atoms with E-state index in [1.165, 1.54) is 103 Å². The molecule has 0 aromatic carbocycles. The largest absolute Gasteiger partial charge is 0.462 e. The van der Waals surface area contributed by atoms with Gasteiger partial charge in [-0.15, -0.1) is 0 Å². The molecule has 0 heterocycles. The van der Waals surface area contributed by atoms with Gasteiger partial charge >= 0.3 is 17.9 Å². The summed E-state index contributed by atoms with van der Waals surface area (Å²) >= 11 is 0. The Balaban J connectivity index is 4.48. The second-order valence-corrected chi connectivity index (χ2v) is 20.5. The number of allylic oxidation sites excluding steroid dienone is 22. The average Bonchev–Trinajstić information content (AvgIpc) is 3.43. The van der Waals surface area contributed by atoms with Crippen LogP contribution >= 0.6 is 0 Å². The molecule has 0 saturated carbocycles. The molecule has 0 aliphatic rings. The van der Waals surface area contributed by atoms with Crippen LogP contribution in [0.4, 0.5) is 0 Å². The Morgan fingerprint density at radius 1 is 0.273 bits per heavy atom. The van der Waals surface area contributed by atoms with Crippen molar-refractivity contribution in [3.8, 4) is 0 Å². The number of ether oxygens (including phenoxy) is 3. The fourth-order valence-electron chi connectivity index (χ4n) is 8.43. The molecule has 0 aliphatic heterocycles. The third kappa shape index (κ3) is 62.3. The molecule has 436 valence electrons. The number of carbonyl (C=O) groups excluding carboxylic acids is 3. The zero-order valence-corrected chi connectivity index (χ0v) is 49.9. The Kier molecular flexibility index (Phi) is 60.4. The molecule has 0 bridgehead atoms. The van der Waals surface area contributed by atoms with Gasteiger partial charge in [0, 0.05) is 19.3 Å². The quantitative estimate of drug-likeness (QED) is 0.0261. The summed E-state index contributed by atoms with van der Waals surface area (Å²) in [5, 5.41) is 0. The Bertz CT molecular complexity index is 1650. The summed E-state index contributed by atoms with van der Waals surface area (Å²) < 4.78 is 16.9. The van der Waals surface area contributed by atoms with Gasteiger partial charge in [-0.1, -0.05) is 257 Å². The first kappa shape index (κ1) is 72.5. The topological polar surface area (TPSA) is 78.9 Å². The highest BCUT2D eigenvalue weighted by atomic mass is 16.6. The van der Waals surface area contributed by atoms with Crippen LogP contribution in [0.3, 0.4) is 0 Å². The van der Waals surface area contributed by atoms with Crippen molar-refractivity contribution in [3.63, 3.8) is 0 Å². The zero-order valence-electron chi connectivity index (χ0n) is 49.9. The second-order valence-electron chi connectivity index (χ2n) is 20.5. The highest BCUT2D eigenvalue weighted by Crippen LogP contribution is 2.15. The van der Waals surface area contributed by atoms with Gasteiger partial charge in [-0.2, -0.15) is 0 Å². The first-order valence-electron chi connectivity index (χ1n) is 31.7. The highest BCUT2D eigenvalue weighted by molar-refractivity contribution is 5.71. The Morgan fingerprint density at radius 3 is 0.818 bits per heavy atom. The van der Waals surface area contributed by atoms with Gasteiger partial charge in [-0.25, -0.2) is 0 Å². The second kappa shape index (κ2) is 64.1. The van der Waals surface area contributed by atoms with Crippen molar-refractivity contribution in [2.45, 2.75) is 284 Å². The molecule has 0 radical (unpaired) electrons. The Hall–Kier alpha value is -4.45. The van der Waals surface area contributed by atoms with Gasteiger partial charge in [0.15, 0.2) is 6.10 Å². The molecular formula is C71H116O6. The predicted octanol–water partition coefficient (Wildman–Crippen LogP) is 21.8. The fourth-order valence-corrected chi connectivity index (χ4v) is 8.43. The van der Waals surface area contributed by atoms with Gasteiger partial charge in [0.25, 0.3) is 0 Å². The lowest BCUT2D eigenvalue weighted by atomic mass is 10.1. The van der Waals surface area contributed by atoms with Crippen molar-refractivity contribution in [2.75, 3.05) is 13.2 Å². The van der Waals surface area contributed by atoms with E-state index in [1.54, 1.807) is 0 Å². The van der Waals surface area contributed by atoms with Crippen LogP contribution in [0, 0.1) is 0 Å². The van der Waals surface area contributed by atoms with E-state index < -0.39 is 6.10 Å². The molecular weight excluding hydrogens is 949 g/mol. The Labute approximate surface area is 475 Å². The van der Waals surface area contributed by atoms with Gasteiger partial charge < -0.3 is 14.2 Å². The lowest BCUT2D eigenvalue weighted by molar-refractivity contribution is -0.167. The lowest BCUT2D eigenvalue weighted by Crippen LogP contribution is -2.30. The zero-order chi connectivity index (χ0) is 55.7. The summed E-state index contributed by atoms with van der Waals surface area (Å²) in [6.45, 7) is 6.38. The van der Waals surface area contributed by atoms with Gasteiger partial charge in [-0.05, 0) is 135 Å². The van der Waals surface area contributed by atoms with Crippen LogP contribution in [0.1, 0.15) is 278 Å². The predicted molar refractivity (Wildman–Crippen MR) is 334 cm³/mol. The van der Waals surface area contributed by atoms with Crippen LogP contribution in [-0.2, 0) is 28.6 Å². The summed E-state index contributed by atoms with van der Waals surface area (Å²) in [6, 6.07) is 0. The van der Waals surface area contributed by atoms with Crippen LogP contribution in [0.15, 0.2) is 134 Å². The number of rotatable bonds is 56. The van der Waals surface area contributed by atoms with E-state index in [0.717, 1.165) is 135 Å². The van der Waals surface area contributed by atoms with E-state index in [-0.39, 0.29) is 37.5 Å². The molecule has 1 atom stereocenters. The summed E-state index contributed by atoms with van der Waals surface area (Å²) in [7, 11) is 0. The molecule has 0 spiro atoms. The molecule has 6 nitrogen and oxygen atoms in total.